The topological polar surface area (TPSA) is 3.24 Å². The van der Waals surface area contributed by atoms with Gasteiger partial charge in [0.2, 0.25) is 0 Å². The Morgan fingerprint density at radius 1 is 1.00 bits per heavy atom. The van der Waals surface area contributed by atoms with Gasteiger partial charge in [-0.3, -0.25) is 0 Å². The Labute approximate surface area is 131 Å². The van der Waals surface area contributed by atoms with Crippen molar-refractivity contribution in [2.75, 3.05) is 13.1 Å². The molecule has 1 nitrogen and oxygen atoms in total. The highest BCUT2D eigenvalue weighted by molar-refractivity contribution is 8.22. The van der Waals surface area contributed by atoms with Crippen molar-refractivity contribution in [1.29, 1.82) is 0 Å². The van der Waals surface area contributed by atoms with Crippen LogP contribution in [0.2, 0.25) is 0 Å². The van der Waals surface area contributed by atoms with Gasteiger partial charge in [0.05, 0.1) is 0 Å². The Kier molecular flexibility index (Phi) is 5.86. The van der Waals surface area contributed by atoms with Gasteiger partial charge in [0, 0.05) is 18.0 Å². The summed E-state index contributed by atoms with van der Waals surface area (Å²) in [4.78, 5) is 3.54. The van der Waals surface area contributed by atoms with E-state index >= 15 is 0 Å². The Hall–Kier alpha value is -1.06. The molecule has 0 saturated heterocycles. The summed E-state index contributed by atoms with van der Waals surface area (Å²) in [6.45, 7) is 6.50. The number of thioether (sulfide) groups is 1. The van der Waals surface area contributed by atoms with Crippen molar-refractivity contribution in [3.8, 4) is 0 Å². The van der Waals surface area contributed by atoms with Crippen LogP contribution in [0.3, 0.4) is 0 Å². The van der Waals surface area contributed by atoms with Gasteiger partial charge in [-0.2, -0.15) is 0 Å². The summed E-state index contributed by atoms with van der Waals surface area (Å²) in [6.07, 6.45) is 2.27. The molecule has 2 aromatic carbocycles. The number of benzene rings is 2. The van der Waals surface area contributed by atoms with E-state index < -0.39 is 0 Å². The lowest BCUT2D eigenvalue weighted by Gasteiger charge is -2.23. The molecular formula is C17H21NS2. The van der Waals surface area contributed by atoms with E-state index in [2.05, 4.69) is 61.2 Å². The summed E-state index contributed by atoms with van der Waals surface area (Å²) >= 11 is 7.30. The summed E-state index contributed by atoms with van der Waals surface area (Å²) in [5.41, 5.74) is 0. The molecule has 3 heteroatoms. The number of hydrogen-bond donors (Lipinski definition) is 0. The second-order valence-electron chi connectivity index (χ2n) is 4.86. The molecule has 106 valence electrons. The number of hydrogen-bond acceptors (Lipinski definition) is 2. The fraction of sp³-hybridized carbons (Fsp3) is 0.353. The summed E-state index contributed by atoms with van der Waals surface area (Å²) in [5.74, 6) is 0. The van der Waals surface area contributed by atoms with Crippen molar-refractivity contribution < 1.29 is 0 Å². The SMILES string of the molecule is CCCN(CCC)C(=S)Sc1ccc2ccccc2c1. The van der Waals surface area contributed by atoms with Crippen LogP contribution in [0.1, 0.15) is 26.7 Å². The van der Waals surface area contributed by atoms with Crippen molar-refractivity contribution in [2.24, 2.45) is 0 Å². The first-order chi connectivity index (χ1) is 9.74. The average Bonchev–Trinajstić information content (AvgIpc) is 2.47. The lowest BCUT2D eigenvalue weighted by molar-refractivity contribution is 0.430. The maximum absolute atomic E-state index is 5.60. The van der Waals surface area contributed by atoms with Crippen LogP contribution in [-0.4, -0.2) is 22.3 Å². The lowest BCUT2D eigenvalue weighted by atomic mass is 10.1. The highest BCUT2D eigenvalue weighted by atomic mass is 32.2. The van der Waals surface area contributed by atoms with E-state index in [1.54, 1.807) is 11.8 Å². The molecule has 0 bridgehead atoms. The van der Waals surface area contributed by atoms with Gasteiger partial charge in [-0.25, -0.2) is 0 Å². The van der Waals surface area contributed by atoms with E-state index in [0.717, 1.165) is 30.3 Å². The number of rotatable bonds is 5. The van der Waals surface area contributed by atoms with Crippen molar-refractivity contribution >= 4 is 39.1 Å². The number of nitrogens with zero attached hydrogens (tertiary/aromatic N) is 1. The first-order valence-electron chi connectivity index (χ1n) is 7.20. The van der Waals surface area contributed by atoms with Crippen LogP contribution in [0.25, 0.3) is 10.8 Å². The van der Waals surface area contributed by atoms with Gasteiger partial charge in [-0.15, -0.1) is 0 Å². The molecule has 0 radical (unpaired) electrons. The van der Waals surface area contributed by atoms with Gasteiger partial charge >= 0.3 is 0 Å². The molecule has 0 aromatic heterocycles. The molecule has 0 fully saturated rings. The van der Waals surface area contributed by atoms with Gasteiger partial charge < -0.3 is 4.90 Å². The van der Waals surface area contributed by atoms with Crippen molar-refractivity contribution in [1.82, 2.24) is 4.90 Å². The third kappa shape index (κ3) is 3.97. The number of thiocarbonyl (C=S) groups is 1. The summed E-state index contributed by atoms with van der Waals surface area (Å²) < 4.78 is 0.990. The van der Waals surface area contributed by atoms with E-state index in [-0.39, 0.29) is 0 Å². The average molecular weight is 303 g/mol. The Morgan fingerprint density at radius 2 is 1.65 bits per heavy atom. The molecule has 0 spiro atoms. The van der Waals surface area contributed by atoms with Crippen molar-refractivity contribution in [3.63, 3.8) is 0 Å². The fourth-order valence-corrected chi connectivity index (χ4v) is 3.54. The van der Waals surface area contributed by atoms with Crippen LogP contribution in [0.5, 0.6) is 0 Å². The molecule has 0 aliphatic rings. The smallest absolute Gasteiger partial charge is 0.141 e. The van der Waals surface area contributed by atoms with Crippen molar-refractivity contribution in [3.05, 3.63) is 42.5 Å². The molecule has 0 heterocycles. The minimum Gasteiger partial charge on any atom is -0.357 e. The summed E-state index contributed by atoms with van der Waals surface area (Å²) in [7, 11) is 0. The Morgan fingerprint density at radius 3 is 2.30 bits per heavy atom. The minimum absolute atomic E-state index is 0.990. The van der Waals surface area contributed by atoms with Crippen LogP contribution < -0.4 is 0 Å². The molecule has 0 N–H and O–H groups in total. The Balaban J connectivity index is 2.11. The van der Waals surface area contributed by atoms with Gasteiger partial charge in [0.25, 0.3) is 0 Å². The first-order valence-corrected chi connectivity index (χ1v) is 8.42. The zero-order valence-electron chi connectivity index (χ0n) is 12.1. The molecule has 0 saturated carbocycles. The van der Waals surface area contributed by atoms with E-state index in [9.17, 15) is 0 Å². The second-order valence-corrected chi connectivity index (χ2v) is 6.57. The molecule has 20 heavy (non-hydrogen) atoms. The van der Waals surface area contributed by atoms with Crippen molar-refractivity contribution in [2.45, 2.75) is 31.6 Å². The molecule has 2 aromatic rings. The van der Waals surface area contributed by atoms with Gasteiger partial charge in [0.15, 0.2) is 0 Å². The molecule has 2 rings (SSSR count). The van der Waals surface area contributed by atoms with Crippen LogP contribution in [-0.2, 0) is 0 Å². The maximum Gasteiger partial charge on any atom is 0.141 e. The molecule has 0 aliphatic heterocycles. The predicted octanol–water partition coefficient (Wildman–Crippen LogP) is 5.34. The minimum atomic E-state index is 0.990. The zero-order valence-corrected chi connectivity index (χ0v) is 13.8. The molecule has 0 atom stereocenters. The second kappa shape index (κ2) is 7.65. The van der Waals surface area contributed by atoms with Crippen LogP contribution >= 0.6 is 24.0 Å². The van der Waals surface area contributed by atoms with Crippen LogP contribution in [0, 0.1) is 0 Å². The van der Waals surface area contributed by atoms with E-state index in [0.29, 0.717) is 0 Å². The van der Waals surface area contributed by atoms with E-state index in [1.165, 1.54) is 15.7 Å². The van der Waals surface area contributed by atoms with E-state index in [4.69, 9.17) is 12.2 Å². The van der Waals surface area contributed by atoms with Gasteiger partial charge in [-0.1, -0.05) is 68.2 Å². The largest absolute Gasteiger partial charge is 0.357 e. The summed E-state index contributed by atoms with van der Waals surface area (Å²) in [5, 5.41) is 2.56. The summed E-state index contributed by atoms with van der Waals surface area (Å²) in [6, 6.07) is 15.0. The fourth-order valence-electron chi connectivity index (χ4n) is 2.23. The number of fused-ring (bicyclic) bond motifs is 1. The lowest BCUT2D eigenvalue weighted by Crippen LogP contribution is -2.28. The van der Waals surface area contributed by atoms with Crippen LogP contribution in [0.15, 0.2) is 47.4 Å². The third-order valence-corrected chi connectivity index (χ3v) is 4.60. The first kappa shape index (κ1) is 15.3. The van der Waals surface area contributed by atoms with E-state index in [1.807, 2.05) is 0 Å². The highest BCUT2D eigenvalue weighted by Crippen LogP contribution is 2.26. The highest BCUT2D eigenvalue weighted by Gasteiger charge is 2.09. The van der Waals surface area contributed by atoms with Gasteiger partial charge in [-0.05, 0) is 35.7 Å². The van der Waals surface area contributed by atoms with Crippen LogP contribution in [0.4, 0.5) is 0 Å². The normalized spacial score (nSPS) is 10.7. The quantitative estimate of drug-likeness (QED) is 0.542. The molecule has 0 unspecified atom stereocenters. The standard InChI is InChI=1S/C17H21NS2/c1-3-11-18(12-4-2)17(19)20-16-10-9-14-7-5-6-8-15(14)13-16/h5-10,13H,3-4,11-12H2,1-2H3. The zero-order chi connectivity index (χ0) is 14.4. The molecule has 0 aliphatic carbocycles. The monoisotopic (exact) mass is 303 g/mol. The maximum atomic E-state index is 5.60. The molecule has 0 amide bonds. The Bertz CT molecular complexity index is 574. The molecular weight excluding hydrogens is 282 g/mol. The third-order valence-electron chi connectivity index (χ3n) is 3.17. The van der Waals surface area contributed by atoms with Gasteiger partial charge in [0.1, 0.15) is 4.32 Å². The predicted molar refractivity (Wildman–Crippen MR) is 94.6 cm³/mol.